The van der Waals surface area contributed by atoms with E-state index >= 15 is 0 Å². The number of benzene rings is 1. The second-order valence-corrected chi connectivity index (χ2v) is 6.65. The van der Waals surface area contributed by atoms with Gasteiger partial charge in [-0.25, -0.2) is 19.6 Å². The van der Waals surface area contributed by atoms with Crippen LogP contribution in [0, 0.1) is 16.0 Å². The Morgan fingerprint density at radius 3 is 2.69 bits per heavy atom. The van der Waals surface area contributed by atoms with Crippen LogP contribution in [0.15, 0.2) is 49.3 Å². The van der Waals surface area contributed by atoms with E-state index in [1.54, 1.807) is 11.0 Å². The molecule has 3 aromatic rings. The summed E-state index contributed by atoms with van der Waals surface area (Å²) in [5.41, 5.74) is 0.520. The number of anilines is 2. The first-order chi connectivity index (χ1) is 14.1. The van der Waals surface area contributed by atoms with Gasteiger partial charge in [0.15, 0.2) is 5.82 Å². The fourth-order valence-corrected chi connectivity index (χ4v) is 3.27. The Morgan fingerprint density at radius 1 is 1.17 bits per heavy atom. The summed E-state index contributed by atoms with van der Waals surface area (Å²) in [6.07, 6.45) is 6.06. The number of aromatic nitrogens is 5. The summed E-state index contributed by atoms with van der Waals surface area (Å²) in [5, 5.41) is 17.7. The fourth-order valence-electron chi connectivity index (χ4n) is 3.27. The molecule has 29 heavy (non-hydrogen) atoms. The molecule has 3 heterocycles. The van der Waals surface area contributed by atoms with Crippen molar-refractivity contribution in [1.29, 1.82) is 0 Å². The number of amides is 1. The van der Waals surface area contributed by atoms with Crippen LogP contribution in [-0.2, 0) is 4.79 Å². The van der Waals surface area contributed by atoms with Crippen LogP contribution in [0.2, 0.25) is 0 Å². The van der Waals surface area contributed by atoms with Gasteiger partial charge in [-0.05, 0) is 25.0 Å². The van der Waals surface area contributed by atoms with Crippen LogP contribution in [0.3, 0.4) is 0 Å². The van der Waals surface area contributed by atoms with Crippen molar-refractivity contribution in [3.05, 3.63) is 59.4 Å². The number of non-ortho nitro benzene ring substituents is 1. The minimum atomic E-state index is -0.472. The molecule has 4 rings (SSSR count). The molecule has 1 aliphatic heterocycles. The van der Waals surface area contributed by atoms with E-state index in [0.29, 0.717) is 18.1 Å². The number of carbonyl (C=O) groups excluding carboxylic acids is 1. The first-order valence-corrected chi connectivity index (χ1v) is 9.07. The van der Waals surface area contributed by atoms with Gasteiger partial charge in [0.05, 0.1) is 10.8 Å². The van der Waals surface area contributed by atoms with Gasteiger partial charge in [0, 0.05) is 37.0 Å². The molecule has 1 amide bonds. The van der Waals surface area contributed by atoms with Crippen LogP contribution in [0.25, 0.3) is 5.82 Å². The average molecular weight is 394 g/mol. The summed E-state index contributed by atoms with van der Waals surface area (Å²) in [4.78, 5) is 37.5. The quantitative estimate of drug-likeness (QED) is 0.512. The van der Waals surface area contributed by atoms with E-state index < -0.39 is 4.92 Å². The minimum Gasteiger partial charge on any atom is -0.356 e. The molecule has 1 unspecified atom stereocenters. The highest BCUT2D eigenvalue weighted by Crippen LogP contribution is 2.24. The lowest BCUT2D eigenvalue weighted by molar-refractivity contribution is -0.384. The third kappa shape index (κ3) is 4.18. The highest BCUT2D eigenvalue weighted by atomic mass is 16.6. The van der Waals surface area contributed by atoms with Crippen molar-refractivity contribution in [3.8, 4) is 5.82 Å². The van der Waals surface area contributed by atoms with E-state index in [0.717, 1.165) is 25.2 Å². The molecule has 1 N–H and O–H groups in total. The molecule has 1 atom stereocenters. The van der Waals surface area contributed by atoms with Crippen LogP contribution in [-0.4, -0.2) is 48.7 Å². The van der Waals surface area contributed by atoms with Crippen molar-refractivity contribution >= 4 is 23.1 Å². The van der Waals surface area contributed by atoms with Gasteiger partial charge in [-0.15, -0.1) is 0 Å². The van der Waals surface area contributed by atoms with Crippen molar-refractivity contribution < 1.29 is 9.72 Å². The molecule has 1 aromatic carbocycles. The van der Waals surface area contributed by atoms with E-state index in [-0.39, 0.29) is 17.5 Å². The fraction of sp³-hybridized carbons (Fsp3) is 0.278. The molecule has 11 heteroatoms. The number of nitro benzene ring substituents is 1. The van der Waals surface area contributed by atoms with Crippen LogP contribution in [0.5, 0.6) is 0 Å². The molecule has 11 nitrogen and oxygen atoms in total. The van der Waals surface area contributed by atoms with Crippen molar-refractivity contribution in [3.63, 3.8) is 0 Å². The van der Waals surface area contributed by atoms with E-state index in [4.69, 9.17) is 0 Å². The summed E-state index contributed by atoms with van der Waals surface area (Å²) in [6, 6.07) is 7.62. The maximum Gasteiger partial charge on any atom is 0.269 e. The third-order valence-electron chi connectivity index (χ3n) is 4.75. The Morgan fingerprint density at radius 2 is 1.97 bits per heavy atom. The monoisotopic (exact) mass is 394 g/mol. The minimum absolute atomic E-state index is 0.0150. The molecule has 1 saturated heterocycles. The maximum atomic E-state index is 12.7. The zero-order valence-electron chi connectivity index (χ0n) is 15.4. The summed E-state index contributed by atoms with van der Waals surface area (Å²) < 4.78 is 1.55. The number of piperidine rings is 1. The van der Waals surface area contributed by atoms with Gasteiger partial charge in [-0.3, -0.25) is 14.9 Å². The first kappa shape index (κ1) is 18.5. The molecule has 0 bridgehead atoms. The summed E-state index contributed by atoms with van der Waals surface area (Å²) in [7, 11) is 0. The van der Waals surface area contributed by atoms with Gasteiger partial charge in [-0.2, -0.15) is 5.10 Å². The zero-order chi connectivity index (χ0) is 20.2. The van der Waals surface area contributed by atoms with Gasteiger partial charge in [-0.1, -0.05) is 0 Å². The Labute approximate surface area is 165 Å². The van der Waals surface area contributed by atoms with E-state index in [9.17, 15) is 14.9 Å². The van der Waals surface area contributed by atoms with Gasteiger partial charge in [0.2, 0.25) is 5.91 Å². The van der Waals surface area contributed by atoms with Crippen molar-refractivity contribution in [1.82, 2.24) is 24.7 Å². The van der Waals surface area contributed by atoms with E-state index in [2.05, 4.69) is 25.4 Å². The predicted octanol–water partition coefficient (Wildman–Crippen LogP) is 1.82. The lowest BCUT2D eigenvalue weighted by Gasteiger charge is -2.32. The zero-order valence-corrected chi connectivity index (χ0v) is 15.4. The SMILES string of the molecule is O=C(Nc1ccc([N+](=O)[O-])cc1)C1CCCN(c2cc(-n3cncn3)ncn2)C1. The van der Waals surface area contributed by atoms with Crippen LogP contribution < -0.4 is 10.2 Å². The molecule has 0 radical (unpaired) electrons. The number of rotatable bonds is 5. The smallest absolute Gasteiger partial charge is 0.269 e. The van der Waals surface area contributed by atoms with E-state index in [1.165, 1.54) is 36.9 Å². The number of nitrogens with zero attached hydrogens (tertiary/aromatic N) is 7. The average Bonchev–Trinajstić information content (AvgIpc) is 3.29. The number of hydrogen-bond acceptors (Lipinski definition) is 8. The first-order valence-electron chi connectivity index (χ1n) is 9.07. The molecule has 148 valence electrons. The molecule has 2 aromatic heterocycles. The molecule has 0 spiro atoms. The summed E-state index contributed by atoms with van der Waals surface area (Å²) in [6.45, 7) is 1.31. The molecule has 0 aliphatic carbocycles. The van der Waals surface area contributed by atoms with Crippen molar-refractivity contribution in [2.75, 3.05) is 23.3 Å². The standard InChI is InChI=1S/C18H18N8O3/c27-18(23-14-3-5-15(6-4-14)26(28)29)13-2-1-7-24(9-13)16-8-17(21-11-20-16)25-12-19-10-22-25/h3-6,8,10-13H,1-2,7,9H2,(H,23,27). The normalized spacial score (nSPS) is 16.4. The number of carbonyl (C=O) groups is 1. The summed E-state index contributed by atoms with van der Waals surface area (Å²) >= 11 is 0. The number of nitrogens with one attached hydrogen (secondary N) is 1. The van der Waals surface area contributed by atoms with Gasteiger partial charge in [0.25, 0.3) is 5.69 Å². The van der Waals surface area contributed by atoms with Crippen molar-refractivity contribution in [2.45, 2.75) is 12.8 Å². The Hall–Kier alpha value is -3.89. The largest absolute Gasteiger partial charge is 0.356 e. The van der Waals surface area contributed by atoms with Crippen LogP contribution >= 0.6 is 0 Å². The van der Waals surface area contributed by atoms with Gasteiger partial charge in [0.1, 0.15) is 24.8 Å². The van der Waals surface area contributed by atoms with Crippen molar-refractivity contribution in [2.24, 2.45) is 5.92 Å². The second kappa shape index (κ2) is 8.00. The maximum absolute atomic E-state index is 12.7. The van der Waals surface area contributed by atoms with Gasteiger partial charge < -0.3 is 10.2 Å². The highest BCUT2D eigenvalue weighted by Gasteiger charge is 2.27. The second-order valence-electron chi connectivity index (χ2n) is 6.65. The number of hydrogen-bond donors (Lipinski definition) is 1. The van der Waals surface area contributed by atoms with Gasteiger partial charge >= 0.3 is 0 Å². The topological polar surface area (TPSA) is 132 Å². The molecular weight excluding hydrogens is 376 g/mol. The summed E-state index contributed by atoms with van der Waals surface area (Å²) in [5.74, 6) is 0.987. The Kier molecular flexibility index (Phi) is 5.10. The molecule has 1 fully saturated rings. The highest BCUT2D eigenvalue weighted by molar-refractivity contribution is 5.93. The molecular formula is C18H18N8O3. The van der Waals surface area contributed by atoms with Crippen LogP contribution in [0.1, 0.15) is 12.8 Å². The molecule has 0 saturated carbocycles. The van der Waals surface area contributed by atoms with Crippen LogP contribution in [0.4, 0.5) is 17.2 Å². The van der Waals surface area contributed by atoms with E-state index in [1.807, 2.05) is 11.0 Å². The Bertz CT molecular complexity index is 1010. The number of nitro groups is 1. The Balaban J connectivity index is 1.43. The third-order valence-corrected chi connectivity index (χ3v) is 4.75. The lowest BCUT2D eigenvalue weighted by atomic mass is 9.97. The lowest BCUT2D eigenvalue weighted by Crippen LogP contribution is -2.41. The molecule has 1 aliphatic rings. The predicted molar refractivity (Wildman–Crippen MR) is 104 cm³/mol.